The summed E-state index contributed by atoms with van der Waals surface area (Å²) in [5.74, 6) is -4.59. The van der Waals surface area contributed by atoms with E-state index in [1.54, 1.807) is 20.8 Å². The molecular formula is C27H49NO9. The number of aliphatic hydroxyl groups is 3. The van der Waals surface area contributed by atoms with E-state index >= 15 is 0 Å². The molecule has 0 aromatic heterocycles. The van der Waals surface area contributed by atoms with Crippen LogP contribution < -0.4 is 0 Å². The Hall–Kier alpha value is -1.43. The van der Waals surface area contributed by atoms with Gasteiger partial charge in [0.1, 0.15) is 23.4 Å². The van der Waals surface area contributed by atoms with Crippen LogP contribution in [0.1, 0.15) is 67.7 Å². The number of carbonyl (C=O) groups is 2. The van der Waals surface area contributed by atoms with Gasteiger partial charge in [-0.05, 0) is 39.5 Å². The van der Waals surface area contributed by atoms with Crippen molar-refractivity contribution in [1.82, 2.24) is 0 Å². The average Bonchev–Trinajstić information content (AvgIpc) is 2.87. The SMILES string of the molecule is CC[C@H]1OC(=O)[C@H](C)C(=O)[C@H](C)[C@@H](C)[C@](C)(OC)C[C@@H](CC(O)OCCOC)C(=N)[C@H](C)[C@@H](O)[C@]1(C)O. The molecule has 0 aromatic carbocycles. The summed E-state index contributed by atoms with van der Waals surface area (Å²) in [5.41, 5.74) is -2.74. The van der Waals surface area contributed by atoms with Gasteiger partial charge in [-0.25, -0.2) is 0 Å². The van der Waals surface area contributed by atoms with Gasteiger partial charge in [0.05, 0.1) is 24.9 Å². The van der Waals surface area contributed by atoms with Gasteiger partial charge in [-0.3, -0.25) is 9.59 Å². The molecule has 10 heteroatoms. The Labute approximate surface area is 221 Å². The van der Waals surface area contributed by atoms with Crippen molar-refractivity contribution < 1.29 is 43.9 Å². The minimum atomic E-state index is -1.90. The number of hydrogen-bond acceptors (Lipinski definition) is 10. The molecule has 0 aliphatic carbocycles. The number of hydrogen-bond donors (Lipinski definition) is 4. The van der Waals surface area contributed by atoms with Gasteiger partial charge in [0, 0.05) is 44.1 Å². The molecule has 4 N–H and O–H groups in total. The molecule has 0 radical (unpaired) electrons. The Morgan fingerprint density at radius 1 is 1.11 bits per heavy atom. The van der Waals surface area contributed by atoms with Gasteiger partial charge in [0.25, 0.3) is 0 Å². The lowest BCUT2D eigenvalue weighted by atomic mass is 9.70. The van der Waals surface area contributed by atoms with Gasteiger partial charge in [-0.2, -0.15) is 0 Å². The minimum absolute atomic E-state index is 0.0400. The number of ketones is 1. The Morgan fingerprint density at radius 2 is 1.70 bits per heavy atom. The smallest absolute Gasteiger partial charge is 0.316 e. The number of rotatable bonds is 8. The fourth-order valence-electron chi connectivity index (χ4n) is 5.23. The Kier molecular flexibility index (Phi) is 12.8. The molecule has 1 heterocycles. The zero-order valence-corrected chi connectivity index (χ0v) is 23.9. The highest BCUT2D eigenvalue weighted by atomic mass is 16.6. The highest BCUT2D eigenvalue weighted by molar-refractivity contribution is 5.99. The summed E-state index contributed by atoms with van der Waals surface area (Å²) < 4.78 is 21.9. The molecule has 1 fully saturated rings. The second-order valence-corrected chi connectivity index (χ2v) is 10.9. The summed E-state index contributed by atoms with van der Waals surface area (Å²) in [6.45, 7) is 12.1. The first kappa shape index (κ1) is 33.6. The molecule has 0 amide bonds. The quantitative estimate of drug-likeness (QED) is 0.160. The van der Waals surface area contributed by atoms with Crippen LogP contribution in [0.4, 0.5) is 0 Å². The summed E-state index contributed by atoms with van der Waals surface area (Å²) in [6, 6.07) is 0. The normalized spacial score (nSPS) is 39.7. The third-order valence-corrected chi connectivity index (χ3v) is 8.43. The van der Waals surface area contributed by atoms with Gasteiger partial charge < -0.3 is 39.7 Å². The zero-order chi connectivity index (χ0) is 28.7. The Bertz CT molecular complexity index is 773. The second kappa shape index (κ2) is 14.1. The highest BCUT2D eigenvalue weighted by Gasteiger charge is 2.48. The van der Waals surface area contributed by atoms with Crippen molar-refractivity contribution in [3.8, 4) is 0 Å². The van der Waals surface area contributed by atoms with Crippen LogP contribution in [0.5, 0.6) is 0 Å². The molecule has 0 bridgehead atoms. The lowest BCUT2D eigenvalue weighted by Crippen LogP contribution is -2.56. The maximum Gasteiger partial charge on any atom is 0.316 e. The van der Waals surface area contributed by atoms with Crippen molar-refractivity contribution in [2.75, 3.05) is 27.4 Å². The van der Waals surface area contributed by atoms with Crippen molar-refractivity contribution in [2.45, 2.75) is 97.4 Å². The van der Waals surface area contributed by atoms with Gasteiger partial charge in [0.15, 0.2) is 6.29 Å². The molecule has 10 nitrogen and oxygen atoms in total. The van der Waals surface area contributed by atoms with Crippen LogP contribution in [-0.2, 0) is 28.5 Å². The largest absolute Gasteiger partial charge is 0.459 e. The number of Topliss-reactive ketones (excluding diaryl/α,β-unsaturated/α-hetero) is 1. The number of methoxy groups -OCH3 is 2. The van der Waals surface area contributed by atoms with Crippen molar-refractivity contribution >= 4 is 17.5 Å². The van der Waals surface area contributed by atoms with E-state index in [0.29, 0.717) is 6.61 Å². The topological polar surface area (TPSA) is 156 Å². The molecule has 0 spiro atoms. The molecule has 1 aliphatic rings. The predicted octanol–water partition coefficient (Wildman–Crippen LogP) is 2.35. The summed E-state index contributed by atoms with van der Waals surface area (Å²) in [4.78, 5) is 26.2. The maximum atomic E-state index is 13.3. The Morgan fingerprint density at radius 3 is 2.22 bits per heavy atom. The first-order chi connectivity index (χ1) is 17.1. The number of ether oxygens (including phenoxy) is 4. The highest BCUT2D eigenvalue weighted by Crippen LogP contribution is 2.39. The fraction of sp³-hybridized carbons (Fsp3) is 0.889. The van der Waals surface area contributed by atoms with Crippen LogP contribution in [0.3, 0.4) is 0 Å². The number of aliphatic hydroxyl groups excluding tert-OH is 2. The average molecular weight is 532 g/mol. The van der Waals surface area contributed by atoms with Gasteiger partial charge >= 0.3 is 5.97 Å². The van der Waals surface area contributed by atoms with Crippen LogP contribution in [0.15, 0.2) is 0 Å². The van der Waals surface area contributed by atoms with Crippen LogP contribution in [0.2, 0.25) is 0 Å². The molecule has 1 aliphatic heterocycles. The third kappa shape index (κ3) is 8.03. The van der Waals surface area contributed by atoms with Gasteiger partial charge in [-0.1, -0.05) is 27.7 Å². The van der Waals surface area contributed by atoms with Crippen LogP contribution in [0, 0.1) is 35.0 Å². The van der Waals surface area contributed by atoms with E-state index in [0.717, 1.165) is 0 Å². The van der Waals surface area contributed by atoms with E-state index in [4.69, 9.17) is 24.4 Å². The molecule has 1 unspecified atom stereocenters. The predicted molar refractivity (Wildman–Crippen MR) is 138 cm³/mol. The minimum Gasteiger partial charge on any atom is -0.459 e. The standard InChI is InChI=1S/C27H49NO9/c1-10-20-27(7,33)24(31)16(3)22(28)19(13-21(29)36-12-11-34-8)14-26(6,35-9)18(5)15(2)23(30)17(4)25(32)37-20/h15-21,24,28-29,31,33H,10-14H2,1-9H3/t15-,16+,17-,18-,19-,20-,21?,24-,26-,27-/m1/s1. The zero-order valence-electron chi connectivity index (χ0n) is 23.9. The molecule has 0 aromatic rings. The van der Waals surface area contributed by atoms with Crippen molar-refractivity contribution in [3.63, 3.8) is 0 Å². The van der Waals surface area contributed by atoms with Gasteiger partial charge in [0.2, 0.25) is 0 Å². The molecule has 1 saturated heterocycles. The summed E-state index contributed by atoms with van der Waals surface area (Å²) >= 11 is 0. The van der Waals surface area contributed by atoms with E-state index in [2.05, 4.69) is 0 Å². The number of carbonyl (C=O) groups excluding carboxylic acids is 2. The Balaban J connectivity index is 3.56. The summed E-state index contributed by atoms with van der Waals surface area (Å²) in [7, 11) is 3.04. The van der Waals surface area contributed by atoms with E-state index < -0.39 is 59.3 Å². The molecule has 216 valence electrons. The monoisotopic (exact) mass is 531 g/mol. The number of esters is 1. The number of nitrogens with one attached hydrogen (secondary N) is 1. The lowest BCUT2D eigenvalue weighted by Gasteiger charge is -2.43. The first-order valence-corrected chi connectivity index (χ1v) is 13.2. The first-order valence-electron chi connectivity index (χ1n) is 13.2. The van der Waals surface area contributed by atoms with Gasteiger partial charge in [-0.15, -0.1) is 0 Å². The lowest BCUT2D eigenvalue weighted by molar-refractivity contribution is -0.187. The van der Waals surface area contributed by atoms with E-state index in [1.807, 2.05) is 13.8 Å². The third-order valence-electron chi connectivity index (χ3n) is 8.43. The molecule has 10 atom stereocenters. The fourth-order valence-corrected chi connectivity index (χ4v) is 5.23. The summed E-state index contributed by atoms with van der Waals surface area (Å²) in [5, 5.41) is 42.1. The second-order valence-electron chi connectivity index (χ2n) is 10.9. The maximum absolute atomic E-state index is 13.3. The van der Waals surface area contributed by atoms with Crippen molar-refractivity contribution in [2.24, 2.45) is 29.6 Å². The van der Waals surface area contributed by atoms with Crippen LogP contribution in [-0.4, -0.2) is 89.9 Å². The van der Waals surface area contributed by atoms with Crippen LogP contribution >= 0.6 is 0 Å². The number of cyclic esters (lactones) is 1. The molecular weight excluding hydrogens is 482 g/mol. The molecule has 37 heavy (non-hydrogen) atoms. The van der Waals surface area contributed by atoms with E-state index in [1.165, 1.54) is 28.1 Å². The van der Waals surface area contributed by atoms with E-state index in [-0.39, 0.29) is 43.3 Å². The van der Waals surface area contributed by atoms with Crippen molar-refractivity contribution in [3.05, 3.63) is 0 Å². The van der Waals surface area contributed by atoms with Crippen LogP contribution in [0.25, 0.3) is 0 Å². The molecule has 0 saturated carbocycles. The van der Waals surface area contributed by atoms with Crippen molar-refractivity contribution in [1.29, 1.82) is 5.41 Å². The summed E-state index contributed by atoms with van der Waals surface area (Å²) in [6.07, 6.45) is -3.30. The van der Waals surface area contributed by atoms with E-state index in [9.17, 15) is 24.9 Å². The molecule has 1 rings (SSSR count).